The second-order valence-electron chi connectivity index (χ2n) is 6.87. The predicted octanol–water partition coefficient (Wildman–Crippen LogP) is 4.57. The summed E-state index contributed by atoms with van der Waals surface area (Å²) < 4.78 is 22.4. The van der Waals surface area contributed by atoms with Gasteiger partial charge in [0.1, 0.15) is 24.0 Å². The molecule has 2 aromatic carbocycles. The molecule has 1 aliphatic heterocycles. The lowest BCUT2D eigenvalue weighted by atomic mass is 9.82. The molecule has 0 radical (unpaired) electrons. The maximum atomic E-state index is 12.8. The molecule has 0 saturated carbocycles. The summed E-state index contributed by atoms with van der Waals surface area (Å²) in [5.41, 5.74) is 7.55. The molecule has 0 fully saturated rings. The molecule has 8 heteroatoms. The van der Waals surface area contributed by atoms with E-state index < -0.39 is 11.9 Å². The van der Waals surface area contributed by atoms with Crippen molar-refractivity contribution in [2.75, 3.05) is 13.7 Å². The Kier molecular flexibility index (Phi) is 7.29. The van der Waals surface area contributed by atoms with Crippen molar-refractivity contribution in [1.82, 2.24) is 0 Å². The van der Waals surface area contributed by atoms with Crippen LogP contribution in [0.2, 0.25) is 5.02 Å². The van der Waals surface area contributed by atoms with E-state index in [9.17, 15) is 10.1 Å². The van der Waals surface area contributed by atoms with Gasteiger partial charge in [-0.15, -0.1) is 0 Å². The molecule has 1 heterocycles. The fourth-order valence-corrected chi connectivity index (χ4v) is 3.70. The topological polar surface area (TPSA) is 104 Å². The number of hydrogen-bond donors (Lipinski definition) is 1. The van der Waals surface area contributed by atoms with E-state index in [4.69, 9.17) is 36.3 Å². The Balaban J connectivity index is 2.15. The molecule has 7 nitrogen and oxygen atoms in total. The second kappa shape index (κ2) is 10.1. The molecule has 0 saturated heterocycles. The number of halogens is 1. The van der Waals surface area contributed by atoms with Crippen molar-refractivity contribution in [1.29, 1.82) is 5.26 Å². The van der Waals surface area contributed by atoms with Gasteiger partial charge < -0.3 is 24.7 Å². The summed E-state index contributed by atoms with van der Waals surface area (Å²) in [6, 6.07) is 14.6. The SMILES string of the molecule is CCOC(=O)C1=C(C)OC(N)=C(C#N)C1c1cccc(OC)c1OCc1ccccc1Cl. The second-order valence-corrected chi connectivity index (χ2v) is 7.28. The number of hydrogen-bond acceptors (Lipinski definition) is 7. The zero-order valence-corrected chi connectivity index (χ0v) is 18.7. The average Bonchev–Trinajstić information content (AvgIpc) is 2.78. The van der Waals surface area contributed by atoms with Gasteiger partial charge in [0.05, 0.1) is 25.2 Å². The first-order valence-corrected chi connectivity index (χ1v) is 10.3. The number of nitriles is 1. The number of para-hydroxylation sites is 1. The molecule has 3 rings (SSSR count). The molecule has 1 atom stereocenters. The lowest BCUT2D eigenvalue weighted by Gasteiger charge is -2.28. The number of methoxy groups -OCH3 is 1. The van der Waals surface area contributed by atoms with Crippen LogP contribution >= 0.6 is 11.6 Å². The zero-order chi connectivity index (χ0) is 23.3. The first kappa shape index (κ1) is 23.0. The average molecular weight is 455 g/mol. The predicted molar refractivity (Wildman–Crippen MR) is 119 cm³/mol. The molecule has 2 aromatic rings. The Morgan fingerprint density at radius 1 is 1.25 bits per heavy atom. The highest BCUT2D eigenvalue weighted by Crippen LogP contribution is 2.46. The Labute approximate surface area is 191 Å². The minimum absolute atomic E-state index is 0.0782. The number of allylic oxidation sites excluding steroid dienone is 2. The number of carbonyl (C=O) groups is 1. The Morgan fingerprint density at radius 2 is 2.00 bits per heavy atom. The maximum absolute atomic E-state index is 12.8. The van der Waals surface area contributed by atoms with E-state index in [1.807, 2.05) is 18.2 Å². The van der Waals surface area contributed by atoms with Crippen molar-refractivity contribution in [3.05, 3.63) is 81.4 Å². The van der Waals surface area contributed by atoms with E-state index in [0.29, 0.717) is 22.1 Å². The van der Waals surface area contributed by atoms with Crippen LogP contribution in [-0.4, -0.2) is 19.7 Å². The Morgan fingerprint density at radius 3 is 2.66 bits per heavy atom. The molecule has 0 bridgehead atoms. The number of nitrogens with two attached hydrogens (primary N) is 1. The highest BCUT2D eigenvalue weighted by molar-refractivity contribution is 6.31. The van der Waals surface area contributed by atoms with E-state index in [2.05, 4.69) is 6.07 Å². The molecule has 32 heavy (non-hydrogen) atoms. The van der Waals surface area contributed by atoms with Crippen LogP contribution in [0.1, 0.15) is 30.9 Å². The summed E-state index contributed by atoms with van der Waals surface area (Å²) in [5.74, 6) is -0.498. The van der Waals surface area contributed by atoms with Crippen LogP contribution in [0.25, 0.3) is 0 Å². The smallest absolute Gasteiger partial charge is 0.338 e. The van der Waals surface area contributed by atoms with Crippen molar-refractivity contribution in [2.45, 2.75) is 26.4 Å². The lowest BCUT2D eigenvalue weighted by Crippen LogP contribution is -2.26. The summed E-state index contributed by atoms with van der Waals surface area (Å²) in [7, 11) is 1.51. The number of ether oxygens (including phenoxy) is 4. The largest absolute Gasteiger partial charge is 0.493 e. The molecule has 0 spiro atoms. The van der Waals surface area contributed by atoms with Crippen LogP contribution < -0.4 is 15.2 Å². The first-order valence-electron chi connectivity index (χ1n) is 9.91. The van der Waals surface area contributed by atoms with Crippen molar-refractivity contribution < 1.29 is 23.7 Å². The fraction of sp³-hybridized carbons (Fsp3) is 0.250. The fourth-order valence-electron chi connectivity index (χ4n) is 3.51. The van der Waals surface area contributed by atoms with Crippen LogP contribution in [0.4, 0.5) is 0 Å². The van der Waals surface area contributed by atoms with Crippen LogP contribution in [0.15, 0.2) is 65.3 Å². The van der Waals surface area contributed by atoms with Gasteiger partial charge >= 0.3 is 5.97 Å². The molecule has 0 aliphatic carbocycles. The summed E-state index contributed by atoms with van der Waals surface area (Å²) in [6.45, 7) is 3.61. The highest BCUT2D eigenvalue weighted by Gasteiger charge is 2.38. The molecule has 1 unspecified atom stereocenters. The van der Waals surface area contributed by atoms with Gasteiger partial charge in [-0.3, -0.25) is 0 Å². The molecular weight excluding hydrogens is 432 g/mol. The minimum atomic E-state index is -0.857. The van der Waals surface area contributed by atoms with Crippen LogP contribution in [0, 0.1) is 11.3 Å². The monoisotopic (exact) mass is 454 g/mol. The van der Waals surface area contributed by atoms with Crippen molar-refractivity contribution in [2.24, 2.45) is 5.73 Å². The maximum Gasteiger partial charge on any atom is 0.338 e. The first-order chi connectivity index (χ1) is 15.4. The zero-order valence-electron chi connectivity index (χ0n) is 18.0. The van der Waals surface area contributed by atoms with Crippen molar-refractivity contribution >= 4 is 17.6 Å². The summed E-state index contributed by atoms with van der Waals surface area (Å²) in [6.07, 6.45) is 0. The van der Waals surface area contributed by atoms with E-state index in [1.54, 1.807) is 38.1 Å². The van der Waals surface area contributed by atoms with Crippen molar-refractivity contribution in [3.63, 3.8) is 0 Å². The molecule has 166 valence electrons. The quantitative estimate of drug-likeness (QED) is 0.611. The molecule has 0 aromatic heterocycles. The van der Waals surface area contributed by atoms with Gasteiger partial charge in [0.25, 0.3) is 0 Å². The highest BCUT2D eigenvalue weighted by atomic mass is 35.5. The summed E-state index contributed by atoms with van der Waals surface area (Å²) >= 11 is 6.27. The number of rotatable bonds is 7. The van der Waals surface area contributed by atoms with Gasteiger partial charge in [-0.2, -0.15) is 5.26 Å². The van der Waals surface area contributed by atoms with E-state index in [1.165, 1.54) is 7.11 Å². The lowest BCUT2D eigenvalue weighted by molar-refractivity contribution is -0.139. The molecular formula is C24H23ClN2O5. The third kappa shape index (κ3) is 4.51. The Bertz CT molecular complexity index is 1130. The van der Waals surface area contributed by atoms with Crippen LogP contribution in [0.3, 0.4) is 0 Å². The number of esters is 1. The van der Waals surface area contributed by atoms with Crippen LogP contribution in [-0.2, 0) is 20.9 Å². The molecule has 2 N–H and O–H groups in total. The number of nitrogens with zero attached hydrogens (tertiary/aromatic N) is 1. The van der Waals surface area contributed by atoms with Crippen molar-refractivity contribution in [3.8, 4) is 17.6 Å². The van der Waals surface area contributed by atoms with Gasteiger partial charge in [0, 0.05) is 16.1 Å². The number of carbonyl (C=O) groups excluding carboxylic acids is 1. The van der Waals surface area contributed by atoms with Gasteiger partial charge in [-0.05, 0) is 26.0 Å². The third-order valence-electron chi connectivity index (χ3n) is 4.97. The summed E-state index contributed by atoms with van der Waals surface area (Å²) in [5, 5.41) is 10.4. The minimum Gasteiger partial charge on any atom is -0.493 e. The molecule has 0 amide bonds. The van der Waals surface area contributed by atoms with Gasteiger partial charge in [0.15, 0.2) is 11.5 Å². The normalized spacial score (nSPS) is 15.7. The van der Waals surface area contributed by atoms with E-state index in [-0.39, 0.29) is 36.0 Å². The standard InChI is InChI=1S/C24H23ClN2O5/c1-4-30-24(28)20-14(2)32-23(27)17(12-26)21(20)16-9-7-11-19(29-3)22(16)31-13-15-8-5-6-10-18(15)25/h5-11,21H,4,13,27H2,1-3H3. The van der Waals surface area contributed by atoms with Gasteiger partial charge in [-0.25, -0.2) is 4.79 Å². The summed E-state index contributed by atoms with van der Waals surface area (Å²) in [4.78, 5) is 12.8. The van der Waals surface area contributed by atoms with E-state index in [0.717, 1.165) is 5.56 Å². The Hall–Kier alpha value is -3.63. The van der Waals surface area contributed by atoms with E-state index >= 15 is 0 Å². The molecule has 1 aliphatic rings. The van der Waals surface area contributed by atoms with Gasteiger partial charge in [0.2, 0.25) is 5.88 Å². The third-order valence-corrected chi connectivity index (χ3v) is 5.34. The number of benzene rings is 2. The van der Waals surface area contributed by atoms with Gasteiger partial charge in [-0.1, -0.05) is 41.9 Å². The van der Waals surface area contributed by atoms with Crippen LogP contribution in [0.5, 0.6) is 11.5 Å².